The number of methoxy groups -OCH3 is 2. The van der Waals surface area contributed by atoms with Gasteiger partial charge in [-0.1, -0.05) is 0 Å². The lowest BCUT2D eigenvalue weighted by Gasteiger charge is -2.53. The SMILES string of the molecule is COc1cc(-c2cn(C)c(=O)c(C)c2C)cc(OC)c1CN1C2CNCC1C2. The van der Waals surface area contributed by atoms with Gasteiger partial charge in [0.05, 0.1) is 19.8 Å². The molecule has 4 rings (SSSR count). The van der Waals surface area contributed by atoms with Gasteiger partial charge in [0.2, 0.25) is 0 Å². The smallest absolute Gasteiger partial charge is 0.253 e. The molecule has 0 spiro atoms. The van der Waals surface area contributed by atoms with E-state index in [4.69, 9.17) is 9.47 Å². The summed E-state index contributed by atoms with van der Waals surface area (Å²) in [6, 6.07) is 5.33. The minimum atomic E-state index is 0.0368. The van der Waals surface area contributed by atoms with Crippen molar-refractivity contribution in [3.63, 3.8) is 0 Å². The Morgan fingerprint density at radius 2 is 1.68 bits per heavy atom. The number of ether oxygens (including phenoxy) is 2. The maximum Gasteiger partial charge on any atom is 0.253 e. The summed E-state index contributed by atoms with van der Waals surface area (Å²) < 4.78 is 13.2. The van der Waals surface area contributed by atoms with Crippen molar-refractivity contribution in [2.75, 3.05) is 27.3 Å². The van der Waals surface area contributed by atoms with Gasteiger partial charge >= 0.3 is 0 Å². The lowest BCUT2D eigenvalue weighted by molar-refractivity contribution is -0.0215. The minimum Gasteiger partial charge on any atom is -0.496 e. The zero-order chi connectivity index (χ0) is 20.0. The monoisotopic (exact) mass is 383 g/mol. The number of piperidine rings is 1. The van der Waals surface area contributed by atoms with E-state index in [2.05, 4.69) is 22.3 Å². The third kappa shape index (κ3) is 3.01. The van der Waals surface area contributed by atoms with E-state index in [9.17, 15) is 4.79 Å². The average Bonchev–Trinajstić information content (AvgIpc) is 2.72. The van der Waals surface area contributed by atoms with Crippen LogP contribution >= 0.6 is 0 Å². The van der Waals surface area contributed by atoms with Crippen LogP contribution in [-0.2, 0) is 13.6 Å². The van der Waals surface area contributed by atoms with Crippen LogP contribution in [-0.4, -0.2) is 48.9 Å². The Hall–Kier alpha value is -2.31. The van der Waals surface area contributed by atoms with E-state index < -0.39 is 0 Å². The lowest BCUT2D eigenvalue weighted by Crippen LogP contribution is -2.67. The van der Waals surface area contributed by atoms with Crippen molar-refractivity contribution < 1.29 is 9.47 Å². The molecule has 2 saturated heterocycles. The van der Waals surface area contributed by atoms with Gasteiger partial charge in [0.25, 0.3) is 5.56 Å². The molecule has 2 aliphatic heterocycles. The maximum atomic E-state index is 12.2. The van der Waals surface area contributed by atoms with Crippen molar-refractivity contribution in [3.05, 3.63) is 45.4 Å². The second kappa shape index (κ2) is 7.26. The van der Waals surface area contributed by atoms with Crippen LogP contribution in [0.5, 0.6) is 11.5 Å². The summed E-state index contributed by atoms with van der Waals surface area (Å²) in [7, 11) is 5.20. The number of pyridine rings is 1. The molecule has 0 radical (unpaired) electrons. The fourth-order valence-electron chi connectivity index (χ4n) is 4.57. The quantitative estimate of drug-likeness (QED) is 0.858. The standard InChI is InChI=1S/C22H29N3O3/c1-13-14(2)22(26)24(3)11-18(13)15-6-20(27-4)19(21(7-15)28-5)12-25-16-8-17(25)10-23-9-16/h6-7,11,16-17,23H,8-10,12H2,1-5H3. The second-order valence-corrected chi connectivity index (χ2v) is 7.94. The van der Waals surface area contributed by atoms with Gasteiger partial charge in [0.1, 0.15) is 11.5 Å². The van der Waals surface area contributed by atoms with E-state index in [-0.39, 0.29) is 5.56 Å². The molecule has 0 aliphatic carbocycles. The molecule has 2 aliphatic rings. The summed E-state index contributed by atoms with van der Waals surface area (Å²) in [5.41, 5.74) is 4.90. The molecule has 2 atom stereocenters. The molecule has 2 unspecified atom stereocenters. The fraction of sp³-hybridized carbons (Fsp3) is 0.500. The van der Waals surface area contributed by atoms with E-state index in [0.29, 0.717) is 12.1 Å². The van der Waals surface area contributed by atoms with E-state index >= 15 is 0 Å². The third-order valence-corrected chi connectivity index (χ3v) is 6.43. The van der Waals surface area contributed by atoms with Crippen molar-refractivity contribution in [2.24, 2.45) is 7.05 Å². The highest BCUT2D eigenvalue weighted by atomic mass is 16.5. The number of piperazine rings is 1. The van der Waals surface area contributed by atoms with Crippen LogP contribution in [0.1, 0.15) is 23.1 Å². The van der Waals surface area contributed by atoms with Gasteiger partial charge in [0, 0.05) is 56.1 Å². The highest BCUT2D eigenvalue weighted by Crippen LogP contribution is 2.40. The average molecular weight is 383 g/mol. The van der Waals surface area contributed by atoms with Crippen molar-refractivity contribution >= 4 is 0 Å². The zero-order valence-electron chi connectivity index (χ0n) is 17.3. The molecule has 1 aromatic carbocycles. The van der Waals surface area contributed by atoms with E-state index in [0.717, 1.165) is 59.0 Å². The van der Waals surface area contributed by atoms with Crippen LogP contribution in [0.15, 0.2) is 23.1 Å². The van der Waals surface area contributed by atoms with E-state index in [1.165, 1.54) is 6.42 Å². The Morgan fingerprint density at radius 1 is 1.07 bits per heavy atom. The molecular formula is C22H29N3O3. The Bertz CT molecular complexity index is 927. The number of rotatable bonds is 5. The first-order valence-corrected chi connectivity index (χ1v) is 9.83. The number of aromatic nitrogens is 1. The third-order valence-electron chi connectivity index (χ3n) is 6.43. The van der Waals surface area contributed by atoms with Crippen LogP contribution in [0.4, 0.5) is 0 Å². The summed E-state index contributed by atoms with van der Waals surface area (Å²) in [6.45, 7) is 6.80. The van der Waals surface area contributed by atoms with Gasteiger partial charge in [-0.25, -0.2) is 0 Å². The summed E-state index contributed by atoms with van der Waals surface area (Å²) in [5, 5.41) is 3.48. The molecular weight excluding hydrogens is 354 g/mol. The summed E-state index contributed by atoms with van der Waals surface area (Å²) >= 11 is 0. The topological polar surface area (TPSA) is 55.7 Å². The molecule has 2 aromatic rings. The number of benzene rings is 1. The molecule has 0 saturated carbocycles. The first-order chi connectivity index (χ1) is 13.4. The Morgan fingerprint density at radius 3 is 2.21 bits per heavy atom. The molecule has 28 heavy (non-hydrogen) atoms. The van der Waals surface area contributed by atoms with Crippen LogP contribution in [0.3, 0.4) is 0 Å². The van der Waals surface area contributed by atoms with Crippen molar-refractivity contribution in [1.29, 1.82) is 0 Å². The number of aryl methyl sites for hydroxylation is 1. The number of fused-ring (bicyclic) bond motifs is 2. The Kier molecular flexibility index (Phi) is 4.93. The highest BCUT2D eigenvalue weighted by molar-refractivity contribution is 5.72. The summed E-state index contributed by atoms with van der Waals surface area (Å²) in [6.07, 6.45) is 3.16. The number of hydrogen-bond donors (Lipinski definition) is 1. The van der Waals surface area contributed by atoms with Crippen LogP contribution in [0.2, 0.25) is 0 Å². The minimum absolute atomic E-state index is 0.0368. The van der Waals surface area contributed by atoms with Crippen LogP contribution < -0.4 is 20.3 Å². The molecule has 1 aromatic heterocycles. The molecule has 6 heteroatoms. The van der Waals surface area contributed by atoms with E-state index in [1.807, 2.05) is 20.0 Å². The normalized spacial score (nSPS) is 21.3. The van der Waals surface area contributed by atoms with Gasteiger partial charge in [-0.3, -0.25) is 9.69 Å². The summed E-state index contributed by atoms with van der Waals surface area (Å²) in [4.78, 5) is 14.8. The van der Waals surface area contributed by atoms with Crippen LogP contribution in [0, 0.1) is 13.8 Å². The number of hydrogen-bond acceptors (Lipinski definition) is 5. The van der Waals surface area contributed by atoms with Crippen molar-refractivity contribution in [1.82, 2.24) is 14.8 Å². The van der Waals surface area contributed by atoms with Gasteiger partial charge in [-0.2, -0.15) is 0 Å². The molecule has 6 nitrogen and oxygen atoms in total. The largest absolute Gasteiger partial charge is 0.496 e. The molecule has 2 bridgehead atoms. The number of nitrogens with zero attached hydrogens (tertiary/aromatic N) is 2. The first kappa shape index (κ1) is 19.0. The summed E-state index contributed by atoms with van der Waals surface area (Å²) in [5.74, 6) is 1.66. The van der Waals surface area contributed by atoms with Gasteiger partial charge in [-0.05, 0) is 43.5 Å². The zero-order valence-corrected chi connectivity index (χ0v) is 17.3. The van der Waals surface area contributed by atoms with Gasteiger partial charge in [-0.15, -0.1) is 0 Å². The predicted octanol–water partition coefficient (Wildman–Crippen LogP) is 2.23. The van der Waals surface area contributed by atoms with Crippen molar-refractivity contribution in [3.8, 4) is 22.6 Å². The Labute approximate surface area is 166 Å². The highest BCUT2D eigenvalue weighted by Gasteiger charge is 2.41. The molecule has 0 amide bonds. The molecule has 3 heterocycles. The van der Waals surface area contributed by atoms with Gasteiger partial charge in [0.15, 0.2) is 0 Å². The molecule has 150 valence electrons. The molecule has 1 N–H and O–H groups in total. The Balaban J connectivity index is 1.77. The second-order valence-electron chi connectivity index (χ2n) is 7.94. The van der Waals surface area contributed by atoms with Gasteiger partial charge < -0.3 is 19.4 Å². The van der Waals surface area contributed by atoms with E-state index in [1.54, 1.807) is 25.8 Å². The fourth-order valence-corrected chi connectivity index (χ4v) is 4.57. The number of nitrogens with one attached hydrogen (secondary N) is 1. The van der Waals surface area contributed by atoms with Crippen LogP contribution in [0.25, 0.3) is 11.1 Å². The maximum absolute atomic E-state index is 12.2. The lowest BCUT2D eigenvalue weighted by atomic mass is 9.87. The first-order valence-electron chi connectivity index (χ1n) is 9.83. The van der Waals surface area contributed by atoms with Crippen molar-refractivity contribution in [2.45, 2.75) is 38.9 Å². The molecule has 2 fully saturated rings. The predicted molar refractivity (Wildman–Crippen MR) is 110 cm³/mol.